The Morgan fingerprint density at radius 1 is 1.12 bits per heavy atom. The van der Waals surface area contributed by atoms with E-state index in [0.717, 1.165) is 38.4 Å². The maximum absolute atomic E-state index is 11.9. The summed E-state index contributed by atoms with van der Waals surface area (Å²) in [6.45, 7) is 6.46. The van der Waals surface area contributed by atoms with Gasteiger partial charge < -0.3 is 14.6 Å². The van der Waals surface area contributed by atoms with Gasteiger partial charge in [0, 0.05) is 44.8 Å². The maximum Gasteiger partial charge on any atom is 0.220 e. The Morgan fingerprint density at radius 3 is 2.52 bits per heavy atom. The van der Waals surface area contributed by atoms with E-state index in [1.807, 2.05) is 25.1 Å². The largest absolute Gasteiger partial charge is 0.468 e. The van der Waals surface area contributed by atoms with E-state index in [1.54, 1.807) is 6.26 Å². The molecule has 5 heteroatoms. The van der Waals surface area contributed by atoms with Crippen molar-refractivity contribution in [1.29, 1.82) is 0 Å². The molecule has 3 rings (SSSR count). The second kappa shape index (κ2) is 8.72. The Kier molecular flexibility index (Phi) is 6.12. The van der Waals surface area contributed by atoms with Gasteiger partial charge in [0.25, 0.3) is 0 Å². The highest BCUT2D eigenvalue weighted by Crippen LogP contribution is 2.24. The summed E-state index contributed by atoms with van der Waals surface area (Å²) in [6, 6.07) is 14.5. The zero-order valence-corrected chi connectivity index (χ0v) is 14.9. The first-order valence-corrected chi connectivity index (χ1v) is 9.12. The summed E-state index contributed by atoms with van der Waals surface area (Å²) in [5.41, 5.74) is 1.27. The minimum atomic E-state index is 0.0914. The van der Waals surface area contributed by atoms with Crippen molar-refractivity contribution >= 4 is 11.6 Å². The van der Waals surface area contributed by atoms with E-state index in [0.29, 0.717) is 13.0 Å². The Morgan fingerprint density at radius 2 is 1.88 bits per heavy atom. The predicted molar refractivity (Wildman–Crippen MR) is 99.6 cm³/mol. The van der Waals surface area contributed by atoms with Crippen molar-refractivity contribution in [3.05, 3.63) is 54.5 Å². The van der Waals surface area contributed by atoms with Crippen molar-refractivity contribution in [2.75, 3.05) is 37.6 Å². The van der Waals surface area contributed by atoms with Gasteiger partial charge in [0.2, 0.25) is 5.91 Å². The van der Waals surface area contributed by atoms with Gasteiger partial charge in [-0.1, -0.05) is 25.1 Å². The summed E-state index contributed by atoms with van der Waals surface area (Å²) in [5, 5.41) is 3.06. The molecule has 1 N–H and O–H groups in total. The molecule has 1 aromatic heterocycles. The fraction of sp³-hybridized carbons (Fsp3) is 0.450. The van der Waals surface area contributed by atoms with Crippen LogP contribution in [0.4, 0.5) is 5.69 Å². The Balaban J connectivity index is 1.61. The Hall–Kier alpha value is -2.27. The topological polar surface area (TPSA) is 48.7 Å². The van der Waals surface area contributed by atoms with Crippen LogP contribution in [0.15, 0.2) is 53.1 Å². The van der Waals surface area contributed by atoms with Crippen molar-refractivity contribution in [3.63, 3.8) is 0 Å². The summed E-state index contributed by atoms with van der Waals surface area (Å²) in [4.78, 5) is 16.7. The van der Waals surface area contributed by atoms with E-state index in [-0.39, 0.29) is 11.9 Å². The summed E-state index contributed by atoms with van der Waals surface area (Å²) in [7, 11) is 0. The number of amides is 1. The van der Waals surface area contributed by atoms with Crippen LogP contribution < -0.4 is 10.2 Å². The summed E-state index contributed by atoms with van der Waals surface area (Å²) >= 11 is 0. The highest BCUT2D eigenvalue weighted by Gasteiger charge is 2.27. The number of hydrogen-bond acceptors (Lipinski definition) is 4. The van der Waals surface area contributed by atoms with Crippen LogP contribution in [0.2, 0.25) is 0 Å². The molecule has 1 saturated heterocycles. The fourth-order valence-corrected chi connectivity index (χ4v) is 3.35. The molecular formula is C20H27N3O2. The average molecular weight is 341 g/mol. The number of carbonyl (C=O) groups excluding carboxylic acids is 1. The number of hydrogen-bond donors (Lipinski definition) is 1. The molecule has 0 bridgehead atoms. The molecule has 1 atom stereocenters. The zero-order valence-electron chi connectivity index (χ0n) is 14.9. The molecular weight excluding hydrogens is 314 g/mol. The van der Waals surface area contributed by atoms with Crippen LogP contribution in [0.3, 0.4) is 0 Å². The van der Waals surface area contributed by atoms with Crippen molar-refractivity contribution in [2.45, 2.75) is 25.8 Å². The summed E-state index contributed by atoms with van der Waals surface area (Å²) in [5.74, 6) is 1.03. The molecule has 2 aromatic rings. The number of carbonyl (C=O) groups is 1. The first-order chi connectivity index (χ1) is 12.3. The summed E-state index contributed by atoms with van der Waals surface area (Å²) < 4.78 is 5.65. The lowest BCUT2D eigenvalue weighted by Gasteiger charge is -2.39. The van der Waals surface area contributed by atoms with Crippen LogP contribution in [0.5, 0.6) is 0 Å². The van der Waals surface area contributed by atoms with E-state index in [9.17, 15) is 4.79 Å². The SMILES string of the molecule is CCCC(=O)NC[C@@H](c1ccco1)N1CCN(c2ccccc2)CC1. The standard InChI is InChI=1S/C20H27N3O2/c1-2-7-20(24)21-16-18(19-10-6-15-25-19)23-13-11-22(12-14-23)17-8-4-3-5-9-17/h3-6,8-10,15,18H,2,7,11-14,16H2,1H3,(H,21,24)/t18-/m0/s1. The van der Waals surface area contributed by atoms with E-state index < -0.39 is 0 Å². The monoisotopic (exact) mass is 341 g/mol. The van der Waals surface area contributed by atoms with Gasteiger partial charge in [0.15, 0.2) is 0 Å². The quantitative estimate of drug-likeness (QED) is 0.841. The number of para-hydroxylation sites is 1. The molecule has 0 aliphatic carbocycles. The molecule has 0 unspecified atom stereocenters. The van der Waals surface area contributed by atoms with Crippen molar-refractivity contribution < 1.29 is 9.21 Å². The summed E-state index contributed by atoms with van der Waals surface area (Å²) in [6.07, 6.45) is 3.15. The van der Waals surface area contributed by atoms with E-state index >= 15 is 0 Å². The van der Waals surface area contributed by atoms with E-state index in [1.165, 1.54) is 5.69 Å². The third-order valence-electron chi connectivity index (χ3n) is 4.72. The van der Waals surface area contributed by atoms with Gasteiger partial charge in [-0.3, -0.25) is 9.69 Å². The van der Waals surface area contributed by atoms with Crippen LogP contribution in [0.1, 0.15) is 31.6 Å². The smallest absolute Gasteiger partial charge is 0.220 e. The molecule has 5 nitrogen and oxygen atoms in total. The number of piperazine rings is 1. The fourth-order valence-electron chi connectivity index (χ4n) is 3.35. The maximum atomic E-state index is 11.9. The van der Waals surface area contributed by atoms with Crippen molar-refractivity contribution in [1.82, 2.24) is 10.2 Å². The lowest BCUT2D eigenvalue weighted by molar-refractivity contribution is -0.121. The van der Waals surface area contributed by atoms with Gasteiger partial charge in [-0.2, -0.15) is 0 Å². The van der Waals surface area contributed by atoms with Crippen LogP contribution in [-0.4, -0.2) is 43.5 Å². The lowest BCUT2D eigenvalue weighted by atomic mass is 10.1. The first-order valence-electron chi connectivity index (χ1n) is 9.12. The van der Waals surface area contributed by atoms with Gasteiger partial charge in [-0.25, -0.2) is 0 Å². The van der Waals surface area contributed by atoms with Crippen LogP contribution in [0, 0.1) is 0 Å². The molecule has 1 aliphatic heterocycles. The lowest BCUT2D eigenvalue weighted by Crippen LogP contribution is -2.49. The van der Waals surface area contributed by atoms with Crippen LogP contribution in [0.25, 0.3) is 0 Å². The second-order valence-corrected chi connectivity index (χ2v) is 6.44. The molecule has 1 aliphatic rings. The average Bonchev–Trinajstić information content (AvgIpc) is 3.18. The molecule has 134 valence electrons. The highest BCUT2D eigenvalue weighted by atomic mass is 16.3. The van der Waals surface area contributed by atoms with Crippen molar-refractivity contribution in [3.8, 4) is 0 Å². The minimum absolute atomic E-state index is 0.0914. The molecule has 1 amide bonds. The molecule has 1 fully saturated rings. The molecule has 2 heterocycles. The number of furan rings is 1. The highest BCUT2D eigenvalue weighted by molar-refractivity contribution is 5.75. The molecule has 0 saturated carbocycles. The zero-order chi connectivity index (χ0) is 17.5. The van der Waals surface area contributed by atoms with Gasteiger partial charge >= 0.3 is 0 Å². The van der Waals surface area contributed by atoms with Gasteiger partial charge in [-0.05, 0) is 30.7 Å². The number of benzene rings is 1. The number of nitrogens with zero attached hydrogens (tertiary/aromatic N) is 2. The normalized spacial score (nSPS) is 16.6. The first kappa shape index (κ1) is 17.5. The van der Waals surface area contributed by atoms with Crippen LogP contribution in [-0.2, 0) is 4.79 Å². The Bertz CT molecular complexity index is 634. The van der Waals surface area contributed by atoms with E-state index in [4.69, 9.17) is 4.42 Å². The number of anilines is 1. The molecule has 0 radical (unpaired) electrons. The van der Waals surface area contributed by atoms with Gasteiger partial charge in [0.05, 0.1) is 12.3 Å². The van der Waals surface area contributed by atoms with E-state index in [2.05, 4.69) is 39.4 Å². The predicted octanol–water partition coefficient (Wildman–Crippen LogP) is 3.06. The van der Waals surface area contributed by atoms with Crippen molar-refractivity contribution in [2.24, 2.45) is 0 Å². The molecule has 25 heavy (non-hydrogen) atoms. The van der Waals surface area contributed by atoms with Gasteiger partial charge in [-0.15, -0.1) is 0 Å². The third-order valence-corrected chi connectivity index (χ3v) is 4.72. The van der Waals surface area contributed by atoms with Gasteiger partial charge in [0.1, 0.15) is 5.76 Å². The minimum Gasteiger partial charge on any atom is -0.468 e. The molecule has 0 spiro atoms. The van der Waals surface area contributed by atoms with Crippen LogP contribution >= 0.6 is 0 Å². The second-order valence-electron chi connectivity index (χ2n) is 6.44. The third kappa shape index (κ3) is 4.63. The molecule has 1 aromatic carbocycles. The number of nitrogens with one attached hydrogen (secondary N) is 1. The Labute approximate surface area is 149 Å². The number of rotatable bonds is 7.